The Bertz CT molecular complexity index is 1170. The molecule has 0 saturated carbocycles. The first-order valence-electron chi connectivity index (χ1n) is 9.28. The first-order chi connectivity index (χ1) is 14.1. The fourth-order valence-electron chi connectivity index (χ4n) is 3.43. The van der Waals surface area contributed by atoms with Crippen LogP contribution in [0.15, 0.2) is 66.7 Å². The highest BCUT2D eigenvalue weighted by atomic mass is 19.1. The molecule has 0 bridgehead atoms. The van der Waals surface area contributed by atoms with Gasteiger partial charge in [0.15, 0.2) is 0 Å². The maximum atomic E-state index is 13.6. The van der Waals surface area contributed by atoms with E-state index in [1.165, 1.54) is 12.1 Å². The lowest BCUT2D eigenvalue weighted by Gasteiger charge is -2.17. The number of nitrogens with one attached hydrogen (secondary N) is 2. The minimum atomic E-state index is -0.508. The minimum Gasteiger partial charge on any atom is -0.394 e. The van der Waals surface area contributed by atoms with Gasteiger partial charge in [-0.3, -0.25) is 9.89 Å². The Balaban J connectivity index is 1.71. The van der Waals surface area contributed by atoms with Crippen LogP contribution in [0.25, 0.3) is 22.2 Å². The number of nitrogens with zero attached hydrogens (tertiary/aromatic N) is 1. The number of amides is 1. The molecule has 1 unspecified atom stereocenters. The Hall–Kier alpha value is -3.51. The number of carbonyl (C=O) groups is 1. The van der Waals surface area contributed by atoms with Gasteiger partial charge in [-0.15, -0.1) is 0 Å². The average molecular weight is 389 g/mol. The molecule has 146 valence electrons. The smallest absolute Gasteiger partial charge is 0.252 e. The number of aryl methyl sites for hydroxylation is 1. The largest absolute Gasteiger partial charge is 0.394 e. The highest BCUT2D eigenvalue weighted by Crippen LogP contribution is 2.29. The molecule has 0 aliphatic rings. The lowest BCUT2D eigenvalue weighted by Crippen LogP contribution is -2.31. The zero-order chi connectivity index (χ0) is 20.4. The molecule has 4 rings (SSSR count). The summed E-state index contributed by atoms with van der Waals surface area (Å²) in [5.41, 5.74) is 4.05. The Morgan fingerprint density at radius 2 is 1.93 bits per heavy atom. The zero-order valence-electron chi connectivity index (χ0n) is 15.8. The van der Waals surface area contributed by atoms with Crippen molar-refractivity contribution < 1.29 is 14.3 Å². The topological polar surface area (TPSA) is 78.0 Å². The van der Waals surface area contributed by atoms with E-state index in [0.29, 0.717) is 16.8 Å². The van der Waals surface area contributed by atoms with E-state index >= 15 is 0 Å². The number of aliphatic hydroxyl groups excluding tert-OH is 1. The average Bonchev–Trinajstić information content (AvgIpc) is 3.14. The third kappa shape index (κ3) is 3.75. The molecule has 3 aromatic carbocycles. The minimum absolute atomic E-state index is 0.211. The molecule has 1 aromatic heterocycles. The lowest BCUT2D eigenvalue weighted by atomic mass is 10.0. The molecule has 4 aromatic rings. The maximum absolute atomic E-state index is 13.6. The molecule has 0 aliphatic carbocycles. The summed E-state index contributed by atoms with van der Waals surface area (Å²) in [6, 6.07) is 18.6. The quantitative estimate of drug-likeness (QED) is 0.480. The van der Waals surface area contributed by atoms with Gasteiger partial charge in [0.1, 0.15) is 11.5 Å². The Kier molecular flexibility index (Phi) is 5.10. The summed E-state index contributed by atoms with van der Waals surface area (Å²) in [5.74, 6) is -0.643. The van der Waals surface area contributed by atoms with Gasteiger partial charge in [-0.25, -0.2) is 4.39 Å². The summed E-state index contributed by atoms with van der Waals surface area (Å²) in [6.07, 6.45) is 0. The van der Waals surface area contributed by atoms with Crippen molar-refractivity contribution in [2.45, 2.75) is 13.0 Å². The number of rotatable bonds is 5. The van der Waals surface area contributed by atoms with Crippen LogP contribution in [0.4, 0.5) is 4.39 Å². The molecule has 1 atom stereocenters. The molecule has 0 radical (unpaired) electrons. The van der Waals surface area contributed by atoms with Crippen molar-refractivity contribution in [2.24, 2.45) is 0 Å². The van der Waals surface area contributed by atoms with E-state index in [4.69, 9.17) is 0 Å². The van der Waals surface area contributed by atoms with Crippen LogP contribution >= 0.6 is 0 Å². The fraction of sp³-hybridized carbons (Fsp3) is 0.130. The van der Waals surface area contributed by atoms with Crippen molar-refractivity contribution in [3.05, 3.63) is 89.2 Å². The number of fused-ring (bicyclic) bond motifs is 1. The summed E-state index contributed by atoms with van der Waals surface area (Å²) in [4.78, 5) is 13.0. The van der Waals surface area contributed by atoms with Crippen LogP contribution < -0.4 is 5.32 Å². The number of aromatic nitrogens is 2. The van der Waals surface area contributed by atoms with E-state index in [1.54, 1.807) is 18.2 Å². The van der Waals surface area contributed by atoms with Gasteiger partial charge >= 0.3 is 0 Å². The molecule has 0 aliphatic heterocycles. The van der Waals surface area contributed by atoms with Gasteiger partial charge in [0.2, 0.25) is 0 Å². The Morgan fingerprint density at radius 3 is 2.66 bits per heavy atom. The Labute approximate surface area is 167 Å². The SMILES string of the molecule is Cc1cc2[nH]nc(-c3cccc(F)c3)c2cc1C(=O)NC(CO)c1ccccc1. The molecule has 1 amide bonds. The number of hydrogen-bond acceptors (Lipinski definition) is 3. The van der Waals surface area contributed by atoms with Crippen molar-refractivity contribution >= 4 is 16.8 Å². The third-order valence-corrected chi connectivity index (χ3v) is 4.94. The van der Waals surface area contributed by atoms with E-state index in [0.717, 1.165) is 22.0 Å². The molecule has 6 heteroatoms. The van der Waals surface area contributed by atoms with Crippen LogP contribution in [0.5, 0.6) is 0 Å². The lowest BCUT2D eigenvalue weighted by molar-refractivity contribution is 0.0915. The number of aromatic amines is 1. The van der Waals surface area contributed by atoms with Gasteiger partial charge in [-0.05, 0) is 42.3 Å². The number of halogens is 1. The van der Waals surface area contributed by atoms with Gasteiger partial charge in [0.05, 0.1) is 18.2 Å². The number of H-pyrrole nitrogens is 1. The van der Waals surface area contributed by atoms with Gasteiger partial charge in [0.25, 0.3) is 5.91 Å². The monoisotopic (exact) mass is 389 g/mol. The predicted molar refractivity (Wildman–Crippen MR) is 110 cm³/mol. The van der Waals surface area contributed by atoms with Crippen molar-refractivity contribution in [2.75, 3.05) is 6.61 Å². The molecule has 29 heavy (non-hydrogen) atoms. The predicted octanol–water partition coefficient (Wildman–Crippen LogP) is 4.14. The molecule has 0 spiro atoms. The second kappa shape index (κ2) is 7.85. The standard InChI is InChI=1S/C23H20FN3O2/c1-14-10-20-19(22(27-26-20)16-8-5-9-17(24)11-16)12-18(14)23(29)25-21(13-28)15-6-3-2-4-7-15/h2-12,21,28H,13H2,1H3,(H,25,29)(H,26,27). The first kappa shape index (κ1) is 18.8. The van der Waals surface area contributed by atoms with Crippen molar-refractivity contribution in [3.63, 3.8) is 0 Å². The number of hydrogen-bond donors (Lipinski definition) is 3. The van der Waals surface area contributed by atoms with Crippen LogP contribution in [0.1, 0.15) is 27.5 Å². The molecular formula is C23H20FN3O2. The van der Waals surface area contributed by atoms with E-state index in [1.807, 2.05) is 43.3 Å². The van der Waals surface area contributed by atoms with E-state index in [-0.39, 0.29) is 18.3 Å². The van der Waals surface area contributed by atoms with Crippen LogP contribution in [-0.2, 0) is 0 Å². The summed E-state index contributed by atoms with van der Waals surface area (Å²) in [7, 11) is 0. The third-order valence-electron chi connectivity index (χ3n) is 4.94. The second-order valence-electron chi connectivity index (χ2n) is 6.91. The van der Waals surface area contributed by atoms with Crippen LogP contribution in [0.2, 0.25) is 0 Å². The summed E-state index contributed by atoms with van der Waals surface area (Å²) in [6.45, 7) is 1.63. The number of benzene rings is 3. The molecular weight excluding hydrogens is 369 g/mol. The molecule has 3 N–H and O–H groups in total. The van der Waals surface area contributed by atoms with Gasteiger partial charge in [-0.2, -0.15) is 5.10 Å². The van der Waals surface area contributed by atoms with Crippen LogP contribution in [-0.4, -0.2) is 27.8 Å². The molecule has 1 heterocycles. The van der Waals surface area contributed by atoms with Crippen molar-refractivity contribution in [3.8, 4) is 11.3 Å². The number of carbonyl (C=O) groups excluding carboxylic acids is 1. The summed E-state index contributed by atoms with van der Waals surface area (Å²) in [5, 5.41) is 20.6. The highest BCUT2D eigenvalue weighted by Gasteiger charge is 2.19. The summed E-state index contributed by atoms with van der Waals surface area (Å²) < 4.78 is 13.6. The summed E-state index contributed by atoms with van der Waals surface area (Å²) >= 11 is 0. The Morgan fingerprint density at radius 1 is 1.14 bits per heavy atom. The zero-order valence-corrected chi connectivity index (χ0v) is 15.8. The van der Waals surface area contributed by atoms with E-state index in [2.05, 4.69) is 15.5 Å². The fourth-order valence-corrected chi connectivity index (χ4v) is 3.43. The van der Waals surface area contributed by atoms with Crippen molar-refractivity contribution in [1.82, 2.24) is 15.5 Å². The molecule has 5 nitrogen and oxygen atoms in total. The van der Waals surface area contributed by atoms with Crippen LogP contribution in [0, 0.1) is 12.7 Å². The van der Waals surface area contributed by atoms with E-state index < -0.39 is 6.04 Å². The first-order valence-corrected chi connectivity index (χ1v) is 9.28. The highest BCUT2D eigenvalue weighted by molar-refractivity contribution is 6.03. The number of aliphatic hydroxyl groups is 1. The maximum Gasteiger partial charge on any atom is 0.252 e. The van der Waals surface area contributed by atoms with Crippen LogP contribution in [0.3, 0.4) is 0 Å². The van der Waals surface area contributed by atoms with Gasteiger partial charge < -0.3 is 10.4 Å². The van der Waals surface area contributed by atoms with Crippen molar-refractivity contribution in [1.29, 1.82) is 0 Å². The molecule has 0 fully saturated rings. The van der Waals surface area contributed by atoms with E-state index in [9.17, 15) is 14.3 Å². The second-order valence-corrected chi connectivity index (χ2v) is 6.91. The molecule has 0 saturated heterocycles. The normalized spacial score (nSPS) is 12.1. The van der Waals surface area contributed by atoms with Gasteiger partial charge in [0, 0.05) is 16.5 Å². The van der Waals surface area contributed by atoms with Gasteiger partial charge in [-0.1, -0.05) is 42.5 Å².